The van der Waals surface area contributed by atoms with E-state index in [2.05, 4.69) is 10.0 Å². The zero-order valence-electron chi connectivity index (χ0n) is 12.6. The average Bonchev–Trinajstić information content (AvgIpc) is 2.75. The molecule has 2 aromatic rings. The lowest BCUT2D eigenvalue weighted by Gasteiger charge is -2.07. The van der Waals surface area contributed by atoms with Crippen molar-refractivity contribution >= 4 is 33.0 Å². The van der Waals surface area contributed by atoms with Crippen molar-refractivity contribution in [3.05, 3.63) is 51.2 Å². The fourth-order valence-corrected chi connectivity index (χ4v) is 3.42. The Morgan fingerprint density at radius 3 is 2.55 bits per heavy atom. The molecular weight excluding hydrogens is 320 g/mol. The number of nitrogens with one attached hydrogen (secondary N) is 2. The van der Waals surface area contributed by atoms with Crippen LogP contribution in [-0.2, 0) is 16.6 Å². The summed E-state index contributed by atoms with van der Waals surface area (Å²) in [5.74, 6) is -0.123. The van der Waals surface area contributed by atoms with Crippen LogP contribution in [0.3, 0.4) is 0 Å². The van der Waals surface area contributed by atoms with Gasteiger partial charge in [0.2, 0.25) is 10.0 Å². The summed E-state index contributed by atoms with van der Waals surface area (Å²) in [7, 11) is -3.31. The summed E-state index contributed by atoms with van der Waals surface area (Å²) < 4.78 is 24.8. The van der Waals surface area contributed by atoms with E-state index in [9.17, 15) is 13.2 Å². The first kappa shape index (κ1) is 16.5. The smallest absolute Gasteiger partial charge is 0.261 e. The third kappa shape index (κ3) is 4.57. The van der Waals surface area contributed by atoms with Crippen molar-refractivity contribution in [2.45, 2.75) is 20.4 Å². The lowest BCUT2D eigenvalue weighted by Crippen LogP contribution is -2.21. The molecule has 0 spiro atoms. The van der Waals surface area contributed by atoms with E-state index in [1.807, 2.05) is 26.0 Å². The van der Waals surface area contributed by atoms with Gasteiger partial charge in [0.15, 0.2) is 0 Å². The number of thiophene rings is 1. The summed E-state index contributed by atoms with van der Waals surface area (Å²) in [4.78, 5) is 13.9. The molecule has 0 aliphatic rings. The second-order valence-corrected chi connectivity index (χ2v) is 8.11. The molecule has 118 valence electrons. The predicted octanol–water partition coefficient (Wildman–Crippen LogP) is 2.67. The van der Waals surface area contributed by atoms with Gasteiger partial charge in [-0.15, -0.1) is 11.3 Å². The number of sulfonamides is 1. The van der Waals surface area contributed by atoms with E-state index in [4.69, 9.17) is 0 Å². The van der Waals surface area contributed by atoms with Gasteiger partial charge in [0.05, 0.1) is 11.1 Å². The van der Waals surface area contributed by atoms with Gasteiger partial charge >= 0.3 is 0 Å². The van der Waals surface area contributed by atoms with Crippen LogP contribution in [-0.4, -0.2) is 20.6 Å². The lowest BCUT2D eigenvalue weighted by atomic mass is 10.2. The minimum absolute atomic E-state index is 0.123. The molecular formula is C15H18N2O3S2. The molecule has 0 radical (unpaired) electrons. The minimum Gasteiger partial charge on any atom is -0.347 e. The van der Waals surface area contributed by atoms with Gasteiger partial charge in [-0.2, -0.15) is 0 Å². The van der Waals surface area contributed by atoms with Gasteiger partial charge in [-0.1, -0.05) is 12.1 Å². The van der Waals surface area contributed by atoms with E-state index in [-0.39, 0.29) is 5.91 Å². The Morgan fingerprint density at radius 1 is 1.23 bits per heavy atom. The first-order valence-corrected chi connectivity index (χ1v) is 9.37. The van der Waals surface area contributed by atoms with Crippen molar-refractivity contribution in [3.63, 3.8) is 0 Å². The molecule has 0 bridgehead atoms. The summed E-state index contributed by atoms with van der Waals surface area (Å²) in [6.07, 6.45) is 1.10. The second kappa shape index (κ2) is 6.50. The Morgan fingerprint density at radius 2 is 1.95 bits per heavy atom. The third-order valence-corrected chi connectivity index (χ3v) is 4.83. The molecule has 1 aromatic carbocycles. The quantitative estimate of drug-likeness (QED) is 0.880. The highest BCUT2D eigenvalue weighted by Gasteiger charge is 2.10. The molecule has 5 nitrogen and oxygen atoms in total. The number of amides is 1. The highest BCUT2D eigenvalue weighted by molar-refractivity contribution is 7.92. The zero-order chi connectivity index (χ0) is 16.3. The predicted molar refractivity (Wildman–Crippen MR) is 89.9 cm³/mol. The highest BCUT2D eigenvalue weighted by Crippen LogP contribution is 2.20. The average molecular weight is 338 g/mol. The standard InChI is InChI=1S/C15H18N2O3S2/c1-10-7-14(21-11(10)2)15(18)16-9-12-5-4-6-13(8-12)17-22(3,19)20/h4-8,17H,9H2,1-3H3,(H,16,18). The van der Waals surface area contributed by atoms with Gasteiger partial charge in [0, 0.05) is 17.1 Å². The van der Waals surface area contributed by atoms with E-state index in [0.29, 0.717) is 17.1 Å². The number of hydrogen-bond donors (Lipinski definition) is 2. The SMILES string of the molecule is Cc1cc(C(=O)NCc2cccc(NS(C)(=O)=O)c2)sc1C. The van der Waals surface area contributed by atoms with Crippen LogP contribution < -0.4 is 10.0 Å². The number of benzene rings is 1. The van der Waals surface area contributed by atoms with Crippen LogP contribution in [0.4, 0.5) is 5.69 Å². The zero-order valence-corrected chi connectivity index (χ0v) is 14.3. The molecule has 1 heterocycles. The van der Waals surface area contributed by atoms with Crippen molar-refractivity contribution in [3.8, 4) is 0 Å². The normalized spacial score (nSPS) is 11.2. The Labute approximate surface area is 134 Å². The molecule has 0 unspecified atom stereocenters. The minimum atomic E-state index is -3.31. The fraction of sp³-hybridized carbons (Fsp3) is 0.267. The molecule has 22 heavy (non-hydrogen) atoms. The van der Waals surface area contributed by atoms with Crippen LogP contribution in [0.1, 0.15) is 25.7 Å². The molecule has 2 rings (SSSR count). The van der Waals surface area contributed by atoms with E-state index < -0.39 is 10.0 Å². The van der Waals surface area contributed by atoms with Crippen molar-refractivity contribution < 1.29 is 13.2 Å². The van der Waals surface area contributed by atoms with Crippen LogP contribution in [0, 0.1) is 13.8 Å². The van der Waals surface area contributed by atoms with Gasteiger partial charge in [0.25, 0.3) is 5.91 Å². The van der Waals surface area contributed by atoms with Crippen LogP contribution in [0.15, 0.2) is 30.3 Å². The summed E-state index contributed by atoms with van der Waals surface area (Å²) in [6.45, 7) is 4.30. The summed E-state index contributed by atoms with van der Waals surface area (Å²) in [6, 6.07) is 8.81. The summed E-state index contributed by atoms with van der Waals surface area (Å²) >= 11 is 1.46. The molecule has 2 N–H and O–H groups in total. The maximum atomic E-state index is 12.1. The van der Waals surface area contributed by atoms with E-state index in [0.717, 1.165) is 22.3 Å². The topological polar surface area (TPSA) is 75.3 Å². The first-order valence-electron chi connectivity index (χ1n) is 6.66. The summed E-state index contributed by atoms with van der Waals surface area (Å²) in [5, 5.41) is 2.84. The maximum Gasteiger partial charge on any atom is 0.261 e. The van der Waals surface area contributed by atoms with Gasteiger partial charge in [-0.3, -0.25) is 9.52 Å². The maximum absolute atomic E-state index is 12.1. The molecule has 0 saturated heterocycles. The third-order valence-electron chi connectivity index (χ3n) is 3.07. The Balaban J connectivity index is 2.02. The van der Waals surface area contributed by atoms with Gasteiger partial charge in [-0.05, 0) is 43.2 Å². The van der Waals surface area contributed by atoms with Crippen LogP contribution in [0.2, 0.25) is 0 Å². The molecule has 0 saturated carbocycles. The number of carbonyl (C=O) groups excluding carboxylic acids is 1. The molecule has 0 aliphatic heterocycles. The Hall–Kier alpha value is -1.86. The molecule has 1 aromatic heterocycles. The van der Waals surface area contributed by atoms with Gasteiger partial charge in [0.1, 0.15) is 0 Å². The summed E-state index contributed by atoms with van der Waals surface area (Å²) in [5.41, 5.74) is 2.42. The van der Waals surface area contributed by atoms with E-state index >= 15 is 0 Å². The number of hydrogen-bond acceptors (Lipinski definition) is 4. The Kier molecular flexibility index (Phi) is 4.87. The molecule has 1 amide bonds. The largest absolute Gasteiger partial charge is 0.347 e. The molecule has 0 atom stereocenters. The van der Waals surface area contributed by atoms with Crippen LogP contribution in [0.25, 0.3) is 0 Å². The fourth-order valence-electron chi connectivity index (χ4n) is 1.91. The van der Waals surface area contributed by atoms with Crippen molar-refractivity contribution in [1.82, 2.24) is 5.32 Å². The van der Waals surface area contributed by atoms with Gasteiger partial charge in [-0.25, -0.2) is 8.42 Å². The van der Waals surface area contributed by atoms with Crippen molar-refractivity contribution in [1.29, 1.82) is 0 Å². The van der Waals surface area contributed by atoms with E-state index in [1.165, 1.54) is 11.3 Å². The highest BCUT2D eigenvalue weighted by atomic mass is 32.2. The molecule has 0 fully saturated rings. The number of aryl methyl sites for hydroxylation is 2. The van der Waals surface area contributed by atoms with Crippen LogP contribution >= 0.6 is 11.3 Å². The van der Waals surface area contributed by atoms with Crippen LogP contribution in [0.5, 0.6) is 0 Å². The number of rotatable bonds is 5. The monoisotopic (exact) mass is 338 g/mol. The second-order valence-electron chi connectivity index (χ2n) is 5.11. The first-order chi connectivity index (χ1) is 10.2. The number of anilines is 1. The van der Waals surface area contributed by atoms with Gasteiger partial charge < -0.3 is 5.32 Å². The lowest BCUT2D eigenvalue weighted by molar-refractivity contribution is 0.0955. The van der Waals surface area contributed by atoms with Crippen molar-refractivity contribution in [2.24, 2.45) is 0 Å². The van der Waals surface area contributed by atoms with E-state index in [1.54, 1.807) is 18.2 Å². The molecule has 7 heteroatoms. The number of carbonyl (C=O) groups is 1. The Bertz CT molecular complexity index is 775. The molecule has 0 aliphatic carbocycles. The van der Waals surface area contributed by atoms with Crippen molar-refractivity contribution in [2.75, 3.05) is 11.0 Å².